The number of halogens is 1. The summed E-state index contributed by atoms with van der Waals surface area (Å²) in [5.41, 5.74) is 0.689. The molecule has 1 N–H and O–H groups in total. The molecule has 2 rings (SSSR count). The summed E-state index contributed by atoms with van der Waals surface area (Å²) in [6.07, 6.45) is 0. The van der Waals surface area contributed by atoms with Crippen molar-refractivity contribution in [2.45, 2.75) is 6.92 Å². The van der Waals surface area contributed by atoms with Gasteiger partial charge in [-0.25, -0.2) is 4.39 Å². The van der Waals surface area contributed by atoms with Gasteiger partial charge in [-0.3, -0.25) is 14.9 Å². The van der Waals surface area contributed by atoms with Crippen LogP contribution < -0.4 is 10.1 Å². The van der Waals surface area contributed by atoms with E-state index in [-0.39, 0.29) is 30.5 Å². The van der Waals surface area contributed by atoms with Gasteiger partial charge in [0.2, 0.25) is 0 Å². The van der Waals surface area contributed by atoms with Crippen LogP contribution in [0.3, 0.4) is 0 Å². The molecule has 0 aliphatic heterocycles. The van der Waals surface area contributed by atoms with Crippen LogP contribution in [0.2, 0.25) is 0 Å². The number of carbonyl (C=O) groups excluding carboxylic acids is 1. The first-order valence-electron chi connectivity index (χ1n) is 6.89. The number of carbonyl (C=O) groups is 1. The average Bonchev–Trinajstić information content (AvgIpc) is 2.52. The van der Waals surface area contributed by atoms with Gasteiger partial charge in [-0.05, 0) is 31.2 Å². The van der Waals surface area contributed by atoms with Crippen molar-refractivity contribution < 1.29 is 18.8 Å². The zero-order chi connectivity index (χ0) is 16.8. The third-order valence-electron chi connectivity index (χ3n) is 3.14. The Labute approximate surface area is 132 Å². The molecule has 0 atom stereocenters. The largest absolute Gasteiger partial charge is 0.489 e. The minimum atomic E-state index is -0.501. The first-order valence-corrected chi connectivity index (χ1v) is 6.89. The quantitative estimate of drug-likeness (QED) is 0.504. The topological polar surface area (TPSA) is 81.5 Å². The van der Waals surface area contributed by atoms with Gasteiger partial charge >= 0.3 is 0 Å². The standard InChI is InChI=1S/C16H15FN2O4/c1-11-10-12(6-7-14(11)19(21)22)16(20)18-8-9-23-15-5-3-2-4-13(15)17/h2-7,10H,8-9H2,1H3,(H,18,20). The van der Waals surface area contributed by atoms with Crippen LogP contribution in [0.5, 0.6) is 5.75 Å². The van der Waals surface area contributed by atoms with Gasteiger partial charge in [0.05, 0.1) is 11.5 Å². The molecule has 1 amide bonds. The summed E-state index contributed by atoms with van der Waals surface area (Å²) in [6, 6.07) is 10.1. The summed E-state index contributed by atoms with van der Waals surface area (Å²) < 4.78 is 18.5. The normalized spacial score (nSPS) is 10.2. The van der Waals surface area contributed by atoms with Crippen molar-refractivity contribution in [3.63, 3.8) is 0 Å². The van der Waals surface area contributed by atoms with Gasteiger partial charge in [0.15, 0.2) is 11.6 Å². The van der Waals surface area contributed by atoms with Gasteiger partial charge in [-0.1, -0.05) is 12.1 Å². The summed E-state index contributed by atoms with van der Waals surface area (Å²) in [5, 5.41) is 13.3. The molecule has 0 spiro atoms. The van der Waals surface area contributed by atoms with Gasteiger partial charge < -0.3 is 10.1 Å². The van der Waals surface area contributed by atoms with Crippen molar-refractivity contribution in [3.8, 4) is 5.75 Å². The Morgan fingerprint density at radius 2 is 2.04 bits per heavy atom. The number of para-hydroxylation sites is 1. The molecule has 0 unspecified atom stereocenters. The lowest BCUT2D eigenvalue weighted by Gasteiger charge is -2.08. The van der Waals surface area contributed by atoms with Crippen LogP contribution in [0.25, 0.3) is 0 Å². The lowest BCUT2D eigenvalue weighted by molar-refractivity contribution is -0.385. The molecule has 0 heterocycles. The second kappa shape index (κ2) is 7.35. The Kier molecular flexibility index (Phi) is 5.24. The van der Waals surface area contributed by atoms with Gasteiger partial charge in [0.1, 0.15) is 6.61 Å². The fraction of sp³-hybridized carbons (Fsp3) is 0.188. The summed E-state index contributed by atoms with van der Waals surface area (Å²) in [7, 11) is 0. The first kappa shape index (κ1) is 16.4. The van der Waals surface area contributed by atoms with Gasteiger partial charge in [0, 0.05) is 17.2 Å². The number of benzene rings is 2. The number of ether oxygens (including phenoxy) is 1. The molecule has 0 aromatic heterocycles. The predicted octanol–water partition coefficient (Wildman–Crippen LogP) is 2.85. The van der Waals surface area contributed by atoms with Crippen molar-refractivity contribution in [3.05, 3.63) is 69.5 Å². The lowest BCUT2D eigenvalue weighted by Crippen LogP contribution is -2.28. The molecule has 7 heteroatoms. The maximum Gasteiger partial charge on any atom is 0.272 e. The molecule has 2 aromatic rings. The van der Waals surface area contributed by atoms with Gasteiger partial charge in [0.25, 0.3) is 11.6 Å². The molecule has 0 bridgehead atoms. The number of hydrogen-bond donors (Lipinski definition) is 1. The first-order chi connectivity index (χ1) is 11.0. The molecular formula is C16H15FN2O4. The minimum Gasteiger partial charge on any atom is -0.489 e. The van der Waals surface area contributed by atoms with E-state index < -0.39 is 10.7 Å². The van der Waals surface area contributed by atoms with E-state index >= 15 is 0 Å². The highest BCUT2D eigenvalue weighted by atomic mass is 19.1. The van der Waals surface area contributed by atoms with Crippen LogP contribution in [0.1, 0.15) is 15.9 Å². The zero-order valence-electron chi connectivity index (χ0n) is 12.4. The Balaban J connectivity index is 1.87. The average molecular weight is 318 g/mol. The van der Waals surface area contributed by atoms with E-state index in [9.17, 15) is 19.3 Å². The second-order valence-corrected chi connectivity index (χ2v) is 4.79. The van der Waals surface area contributed by atoms with Crippen molar-refractivity contribution in [2.24, 2.45) is 0 Å². The van der Waals surface area contributed by atoms with Crippen molar-refractivity contribution >= 4 is 11.6 Å². The molecule has 0 fully saturated rings. The van der Waals surface area contributed by atoms with E-state index in [1.807, 2.05) is 0 Å². The SMILES string of the molecule is Cc1cc(C(=O)NCCOc2ccccc2F)ccc1[N+](=O)[O-]. The Morgan fingerprint density at radius 3 is 2.70 bits per heavy atom. The maximum absolute atomic E-state index is 13.3. The molecule has 2 aromatic carbocycles. The van der Waals surface area contributed by atoms with Crippen molar-refractivity contribution in [1.29, 1.82) is 0 Å². The Bertz CT molecular complexity index is 734. The number of aryl methyl sites for hydroxylation is 1. The molecule has 120 valence electrons. The van der Waals surface area contributed by atoms with Crippen LogP contribution in [0, 0.1) is 22.9 Å². The number of hydrogen-bond acceptors (Lipinski definition) is 4. The zero-order valence-corrected chi connectivity index (χ0v) is 12.4. The van der Waals surface area contributed by atoms with E-state index in [2.05, 4.69) is 5.32 Å². The van der Waals surface area contributed by atoms with E-state index in [0.717, 1.165) is 0 Å². The molecule has 0 aliphatic rings. The fourth-order valence-electron chi connectivity index (χ4n) is 1.99. The molecule has 6 nitrogen and oxygen atoms in total. The van der Waals surface area contributed by atoms with E-state index in [1.54, 1.807) is 19.1 Å². The molecule has 23 heavy (non-hydrogen) atoms. The predicted molar refractivity (Wildman–Crippen MR) is 82.1 cm³/mol. The fourth-order valence-corrected chi connectivity index (χ4v) is 1.99. The number of nitro groups is 1. The van der Waals surface area contributed by atoms with Gasteiger partial charge in [-0.15, -0.1) is 0 Å². The third kappa shape index (κ3) is 4.26. The highest BCUT2D eigenvalue weighted by Gasteiger charge is 2.13. The van der Waals surface area contributed by atoms with Crippen LogP contribution in [0.4, 0.5) is 10.1 Å². The van der Waals surface area contributed by atoms with E-state index in [1.165, 1.54) is 30.3 Å². The Morgan fingerprint density at radius 1 is 1.30 bits per heavy atom. The van der Waals surface area contributed by atoms with Crippen LogP contribution >= 0.6 is 0 Å². The second-order valence-electron chi connectivity index (χ2n) is 4.79. The smallest absolute Gasteiger partial charge is 0.272 e. The number of rotatable bonds is 6. The van der Waals surface area contributed by atoms with Crippen molar-refractivity contribution in [1.82, 2.24) is 5.32 Å². The number of amides is 1. The summed E-state index contributed by atoms with van der Waals surface area (Å²) in [5.74, 6) is -0.724. The summed E-state index contributed by atoms with van der Waals surface area (Å²) in [4.78, 5) is 22.2. The highest BCUT2D eigenvalue weighted by molar-refractivity contribution is 5.94. The Hall–Kier alpha value is -2.96. The third-order valence-corrected chi connectivity index (χ3v) is 3.14. The molecular weight excluding hydrogens is 303 g/mol. The van der Waals surface area contributed by atoms with Crippen LogP contribution in [-0.4, -0.2) is 24.0 Å². The molecule has 0 radical (unpaired) electrons. The number of nitro benzene ring substituents is 1. The van der Waals surface area contributed by atoms with Gasteiger partial charge in [-0.2, -0.15) is 0 Å². The summed E-state index contributed by atoms with van der Waals surface area (Å²) >= 11 is 0. The molecule has 0 saturated heterocycles. The molecule has 0 saturated carbocycles. The number of nitrogens with one attached hydrogen (secondary N) is 1. The molecule has 0 aliphatic carbocycles. The van der Waals surface area contributed by atoms with Crippen molar-refractivity contribution in [2.75, 3.05) is 13.2 Å². The minimum absolute atomic E-state index is 0.0376. The maximum atomic E-state index is 13.3. The van der Waals surface area contributed by atoms with Crippen LogP contribution in [0.15, 0.2) is 42.5 Å². The van der Waals surface area contributed by atoms with E-state index in [0.29, 0.717) is 11.1 Å². The summed E-state index contributed by atoms with van der Waals surface area (Å²) in [6.45, 7) is 1.86. The highest BCUT2D eigenvalue weighted by Crippen LogP contribution is 2.18. The number of nitrogens with zero attached hydrogens (tertiary/aromatic N) is 1. The lowest BCUT2D eigenvalue weighted by atomic mass is 10.1. The van der Waals surface area contributed by atoms with E-state index in [4.69, 9.17) is 4.74 Å². The van der Waals surface area contributed by atoms with Crippen LogP contribution in [-0.2, 0) is 0 Å². The monoisotopic (exact) mass is 318 g/mol.